The van der Waals surface area contributed by atoms with Gasteiger partial charge in [0, 0.05) is 37.7 Å². The fourth-order valence-corrected chi connectivity index (χ4v) is 5.80. The molecule has 10 nitrogen and oxygen atoms in total. The van der Waals surface area contributed by atoms with E-state index in [1.165, 1.54) is 17.0 Å². The number of rotatable bonds is 7. The Morgan fingerprint density at radius 3 is 2.77 bits per heavy atom. The predicted octanol–water partition coefficient (Wildman–Crippen LogP) is 2.68. The minimum absolute atomic E-state index is 0.0842. The van der Waals surface area contributed by atoms with Gasteiger partial charge in [-0.2, -0.15) is 15.2 Å². The summed E-state index contributed by atoms with van der Waals surface area (Å²) in [5.74, 6) is -0.251. The van der Waals surface area contributed by atoms with Gasteiger partial charge in [-0.1, -0.05) is 18.7 Å². The van der Waals surface area contributed by atoms with Gasteiger partial charge in [-0.25, -0.2) is 4.39 Å². The maximum absolute atomic E-state index is 14.8. The largest absolute Gasteiger partial charge is 0.462 e. The van der Waals surface area contributed by atoms with Crippen LogP contribution in [-0.2, 0) is 22.6 Å². The van der Waals surface area contributed by atoms with E-state index in [-0.39, 0.29) is 55.0 Å². The second kappa shape index (κ2) is 12.0. The van der Waals surface area contributed by atoms with Crippen molar-refractivity contribution >= 4 is 23.3 Å². The maximum Gasteiger partial charge on any atom is 0.318 e. The van der Waals surface area contributed by atoms with Crippen molar-refractivity contribution in [2.24, 2.45) is 0 Å². The van der Waals surface area contributed by atoms with Gasteiger partial charge in [0.2, 0.25) is 11.8 Å². The molecule has 5 rings (SSSR count). The summed E-state index contributed by atoms with van der Waals surface area (Å²) in [6, 6.07) is 8.55. The summed E-state index contributed by atoms with van der Waals surface area (Å²) in [6.07, 6.45) is 4.12. The summed E-state index contributed by atoms with van der Waals surface area (Å²) in [5.41, 5.74) is 1.62. The summed E-state index contributed by atoms with van der Waals surface area (Å²) in [4.78, 5) is 42.6. The third-order valence-electron chi connectivity index (χ3n) is 8.03. The summed E-state index contributed by atoms with van der Waals surface area (Å²) in [5, 5.41) is 9.45. The highest BCUT2D eigenvalue weighted by atomic mass is 19.1. The van der Waals surface area contributed by atoms with Gasteiger partial charge >= 0.3 is 6.01 Å². The first-order valence-electron chi connectivity index (χ1n) is 13.7. The lowest BCUT2D eigenvalue weighted by Crippen LogP contribution is -2.55. The van der Waals surface area contributed by atoms with Crippen molar-refractivity contribution in [3.63, 3.8) is 0 Å². The first-order chi connectivity index (χ1) is 19.4. The number of amides is 2. The Balaban J connectivity index is 1.51. The topological polar surface area (TPSA) is 106 Å². The Hall–Kier alpha value is -4.04. The SMILES string of the molecule is C=CC(=O)N1CCN(c2nc(OC[C@@H]3CCCN3C)nc3c2CCC(=O)N(c2ccccc2F)C3)C[C@@H]1CC#N. The average Bonchev–Trinajstić information content (AvgIpc) is 3.30. The van der Waals surface area contributed by atoms with Crippen molar-refractivity contribution in [1.82, 2.24) is 19.8 Å². The number of carbonyl (C=O) groups is 2. The fraction of sp³-hybridized carbons (Fsp3) is 0.483. The number of likely N-dealkylation sites (tertiary alicyclic amines) is 1. The normalized spacial score (nSPS) is 21.5. The lowest BCUT2D eigenvalue weighted by Gasteiger charge is -2.41. The van der Waals surface area contributed by atoms with Crippen molar-refractivity contribution < 1.29 is 18.7 Å². The molecule has 2 aromatic rings. The van der Waals surface area contributed by atoms with E-state index in [0.29, 0.717) is 44.2 Å². The highest BCUT2D eigenvalue weighted by molar-refractivity contribution is 5.94. The molecule has 210 valence electrons. The Morgan fingerprint density at radius 2 is 2.05 bits per heavy atom. The van der Waals surface area contributed by atoms with E-state index in [9.17, 15) is 19.2 Å². The number of hydrogen-bond acceptors (Lipinski definition) is 8. The number of halogens is 1. The van der Waals surface area contributed by atoms with Gasteiger partial charge in [0.1, 0.15) is 18.2 Å². The Kier molecular flexibility index (Phi) is 8.26. The number of carbonyl (C=O) groups excluding carboxylic acids is 2. The van der Waals surface area contributed by atoms with Crippen LogP contribution in [0.2, 0.25) is 0 Å². The molecular weight excluding hydrogens is 513 g/mol. The van der Waals surface area contributed by atoms with Crippen LogP contribution in [0.4, 0.5) is 15.9 Å². The summed E-state index contributed by atoms with van der Waals surface area (Å²) in [6.45, 7) is 6.41. The molecule has 4 heterocycles. The molecule has 3 aliphatic rings. The number of aromatic nitrogens is 2. The Bertz CT molecular complexity index is 1330. The summed E-state index contributed by atoms with van der Waals surface area (Å²) in [7, 11) is 2.07. The zero-order valence-electron chi connectivity index (χ0n) is 22.8. The standard InChI is InChI=1S/C29H34FN7O3/c1-3-26(38)36-16-15-35(17-20(36)12-13-31)28-22-10-11-27(39)37(25-9-5-4-8-23(25)30)18-24(22)32-29(33-28)40-19-21-7-6-14-34(21)2/h3-5,8-9,20-21H,1,6-7,10-12,14-19H2,2H3/t20-,21-/m0/s1. The Morgan fingerprint density at radius 1 is 1.23 bits per heavy atom. The number of anilines is 2. The van der Waals surface area contributed by atoms with Crippen LogP contribution < -0.4 is 14.5 Å². The summed E-state index contributed by atoms with van der Waals surface area (Å²) < 4.78 is 20.9. The first-order valence-corrected chi connectivity index (χ1v) is 13.7. The van der Waals surface area contributed by atoms with Crippen molar-refractivity contribution in [2.75, 3.05) is 49.6 Å². The van der Waals surface area contributed by atoms with E-state index >= 15 is 0 Å². The van der Waals surface area contributed by atoms with Crippen LogP contribution in [0.3, 0.4) is 0 Å². The second-order valence-corrected chi connectivity index (χ2v) is 10.5. The third-order valence-corrected chi connectivity index (χ3v) is 8.03. The molecule has 2 saturated heterocycles. The summed E-state index contributed by atoms with van der Waals surface area (Å²) >= 11 is 0. The Labute approximate surface area is 233 Å². The van der Waals surface area contributed by atoms with E-state index in [4.69, 9.17) is 14.7 Å². The van der Waals surface area contributed by atoms with Gasteiger partial charge < -0.3 is 24.3 Å². The van der Waals surface area contributed by atoms with Crippen LogP contribution >= 0.6 is 0 Å². The molecule has 2 fully saturated rings. The van der Waals surface area contributed by atoms with Gasteiger partial charge in [-0.15, -0.1) is 0 Å². The molecule has 0 unspecified atom stereocenters. The fourth-order valence-electron chi connectivity index (χ4n) is 5.80. The molecular formula is C29H34FN7O3. The molecule has 40 heavy (non-hydrogen) atoms. The molecule has 3 aliphatic heterocycles. The van der Waals surface area contributed by atoms with Gasteiger partial charge in [0.05, 0.1) is 36.5 Å². The monoisotopic (exact) mass is 547 g/mol. The molecule has 11 heteroatoms. The van der Waals surface area contributed by atoms with Gasteiger partial charge in [0.15, 0.2) is 0 Å². The number of nitrogens with zero attached hydrogens (tertiary/aromatic N) is 7. The van der Waals surface area contributed by atoms with Gasteiger partial charge in [-0.3, -0.25) is 9.59 Å². The molecule has 0 bridgehead atoms. The number of ether oxygens (including phenoxy) is 1. The van der Waals surface area contributed by atoms with Gasteiger partial charge in [-0.05, 0) is 51.1 Å². The van der Waals surface area contributed by atoms with E-state index in [2.05, 4.69) is 24.6 Å². The first kappa shape index (κ1) is 27.5. The van der Waals surface area contributed by atoms with Crippen LogP contribution in [0.15, 0.2) is 36.9 Å². The van der Waals surface area contributed by atoms with Crippen LogP contribution in [0.1, 0.15) is 36.9 Å². The molecule has 0 saturated carbocycles. The van der Waals surface area contributed by atoms with E-state index < -0.39 is 5.82 Å². The van der Waals surface area contributed by atoms with E-state index in [1.807, 2.05) is 4.90 Å². The number of likely N-dealkylation sites (N-methyl/N-ethyl adjacent to an activating group) is 1. The minimum Gasteiger partial charge on any atom is -0.462 e. The highest BCUT2D eigenvalue weighted by Crippen LogP contribution is 2.33. The van der Waals surface area contributed by atoms with E-state index in [0.717, 1.165) is 24.9 Å². The zero-order valence-corrected chi connectivity index (χ0v) is 22.8. The number of nitriles is 1. The van der Waals surface area contributed by atoms with E-state index in [1.54, 1.807) is 23.1 Å². The molecule has 1 aromatic heterocycles. The number of fused-ring (bicyclic) bond motifs is 1. The second-order valence-electron chi connectivity index (χ2n) is 10.5. The number of piperazine rings is 1. The quantitative estimate of drug-likeness (QED) is 0.488. The maximum atomic E-state index is 14.8. The van der Waals surface area contributed by atoms with Crippen LogP contribution in [-0.4, -0.2) is 83.5 Å². The molecule has 2 atom stereocenters. The van der Waals surface area contributed by atoms with Crippen molar-refractivity contribution in [2.45, 2.75) is 50.7 Å². The van der Waals surface area contributed by atoms with Gasteiger partial charge in [0.25, 0.3) is 0 Å². The lowest BCUT2D eigenvalue weighted by molar-refractivity contribution is -0.128. The zero-order chi connectivity index (χ0) is 28.2. The van der Waals surface area contributed by atoms with Crippen molar-refractivity contribution in [3.8, 4) is 12.1 Å². The van der Waals surface area contributed by atoms with Crippen LogP contribution in [0.25, 0.3) is 0 Å². The number of para-hydroxylation sites is 1. The molecule has 0 spiro atoms. The predicted molar refractivity (Wildman–Crippen MR) is 147 cm³/mol. The van der Waals surface area contributed by atoms with Crippen molar-refractivity contribution in [3.05, 3.63) is 54.0 Å². The smallest absolute Gasteiger partial charge is 0.318 e. The number of benzene rings is 1. The minimum atomic E-state index is -0.475. The molecule has 0 radical (unpaired) electrons. The average molecular weight is 548 g/mol. The van der Waals surface area contributed by atoms with Crippen molar-refractivity contribution in [1.29, 1.82) is 5.26 Å². The lowest BCUT2D eigenvalue weighted by atomic mass is 10.1. The molecule has 2 amide bonds. The van der Waals surface area contributed by atoms with Crippen LogP contribution in [0.5, 0.6) is 6.01 Å². The molecule has 0 N–H and O–H groups in total. The molecule has 1 aromatic carbocycles. The number of hydrogen-bond donors (Lipinski definition) is 0. The van der Waals surface area contributed by atoms with Crippen LogP contribution in [0, 0.1) is 17.1 Å². The highest BCUT2D eigenvalue weighted by Gasteiger charge is 2.34. The third kappa shape index (κ3) is 5.63. The molecule has 0 aliphatic carbocycles.